The lowest BCUT2D eigenvalue weighted by atomic mass is 10.0. The summed E-state index contributed by atoms with van der Waals surface area (Å²) < 4.78 is 5.41. The molecule has 326 valence electrons. The van der Waals surface area contributed by atoms with E-state index in [9.17, 15) is 19.8 Å². The summed E-state index contributed by atoms with van der Waals surface area (Å²) in [6.07, 6.45) is 55.3. The van der Waals surface area contributed by atoms with Gasteiger partial charge in [-0.3, -0.25) is 9.59 Å². The first-order valence-electron chi connectivity index (χ1n) is 23.9. The van der Waals surface area contributed by atoms with Gasteiger partial charge in [0, 0.05) is 12.8 Å². The molecule has 0 aromatic rings. The normalized spacial score (nSPS) is 13.1. The number of ether oxygens (including phenoxy) is 1. The monoisotopic (exact) mass is 786 g/mol. The van der Waals surface area contributed by atoms with Gasteiger partial charge in [-0.1, -0.05) is 184 Å². The van der Waals surface area contributed by atoms with E-state index in [-0.39, 0.29) is 18.5 Å². The van der Waals surface area contributed by atoms with Crippen molar-refractivity contribution in [3.63, 3.8) is 0 Å². The molecule has 1 amide bonds. The second-order valence-corrected chi connectivity index (χ2v) is 16.1. The molecule has 0 saturated heterocycles. The molecule has 0 aliphatic carbocycles. The van der Waals surface area contributed by atoms with E-state index in [1.54, 1.807) is 6.08 Å². The molecule has 56 heavy (non-hydrogen) atoms. The number of esters is 1. The third-order valence-electron chi connectivity index (χ3n) is 10.5. The summed E-state index contributed by atoms with van der Waals surface area (Å²) in [7, 11) is 0. The Morgan fingerprint density at radius 2 is 0.929 bits per heavy atom. The molecule has 0 aromatic carbocycles. The van der Waals surface area contributed by atoms with Crippen molar-refractivity contribution in [1.29, 1.82) is 0 Å². The van der Waals surface area contributed by atoms with Crippen LogP contribution in [-0.2, 0) is 14.3 Å². The summed E-state index contributed by atoms with van der Waals surface area (Å²) in [5.74, 6) is -0.149. The van der Waals surface area contributed by atoms with E-state index in [1.165, 1.54) is 109 Å². The van der Waals surface area contributed by atoms with Crippen LogP contribution in [0, 0.1) is 0 Å². The predicted octanol–water partition coefficient (Wildman–Crippen LogP) is 13.9. The van der Waals surface area contributed by atoms with E-state index in [2.05, 4.69) is 55.6 Å². The quantitative estimate of drug-likeness (QED) is 0.0325. The van der Waals surface area contributed by atoms with Crippen LogP contribution in [0.5, 0.6) is 0 Å². The molecule has 0 bridgehead atoms. The highest BCUT2D eigenvalue weighted by atomic mass is 16.5. The summed E-state index contributed by atoms with van der Waals surface area (Å²) in [5, 5.41) is 23.0. The van der Waals surface area contributed by atoms with Crippen LogP contribution in [0.15, 0.2) is 48.6 Å². The van der Waals surface area contributed by atoms with Crippen molar-refractivity contribution in [2.24, 2.45) is 0 Å². The number of carbonyl (C=O) groups excluding carboxylic acids is 2. The number of allylic oxidation sites excluding steroid dienone is 7. The van der Waals surface area contributed by atoms with Crippen molar-refractivity contribution in [3.05, 3.63) is 48.6 Å². The SMILES string of the molecule is CCC/C=C\C/C=C\CCCCCCCC(=O)OCCCC/C=C\CCCCCCCC(=O)NC(CO)C(O)/C=C/CCCCCCCCCCCCCCC. The molecule has 0 radical (unpaired) electrons. The smallest absolute Gasteiger partial charge is 0.305 e. The maximum atomic E-state index is 12.4. The van der Waals surface area contributed by atoms with Gasteiger partial charge < -0.3 is 20.3 Å². The first kappa shape index (κ1) is 53.8. The Hall–Kier alpha value is -2.18. The maximum Gasteiger partial charge on any atom is 0.305 e. The third-order valence-corrected chi connectivity index (χ3v) is 10.5. The minimum absolute atomic E-state index is 0.0495. The number of aliphatic hydroxyl groups excluding tert-OH is 2. The van der Waals surface area contributed by atoms with Crippen molar-refractivity contribution >= 4 is 11.9 Å². The van der Waals surface area contributed by atoms with E-state index in [0.717, 1.165) is 96.3 Å². The van der Waals surface area contributed by atoms with Crippen LogP contribution in [-0.4, -0.2) is 47.4 Å². The third kappa shape index (κ3) is 41.5. The highest BCUT2D eigenvalue weighted by Crippen LogP contribution is 2.14. The van der Waals surface area contributed by atoms with Gasteiger partial charge in [0.2, 0.25) is 5.91 Å². The lowest BCUT2D eigenvalue weighted by molar-refractivity contribution is -0.143. The van der Waals surface area contributed by atoms with Gasteiger partial charge >= 0.3 is 5.97 Å². The molecule has 0 aromatic heterocycles. The Morgan fingerprint density at radius 1 is 0.500 bits per heavy atom. The van der Waals surface area contributed by atoms with Crippen LogP contribution < -0.4 is 5.32 Å². The molecule has 6 heteroatoms. The zero-order chi connectivity index (χ0) is 40.8. The second-order valence-electron chi connectivity index (χ2n) is 16.1. The minimum Gasteiger partial charge on any atom is -0.466 e. The number of carbonyl (C=O) groups is 2. The second kappa shape index (κ2) is 45.5. The van der Waals surface area contributed by atoms with E-state index >= 15 is 0 Å². The molecule has 0 aliphatic rings. The topological polar surface area (TPSA) is 95.9 Å². The molecule has 0 rings (SSSR count). The van der Waals surface area contributed by atoms with E-state index in [4.69, 9.17) is 4.74 Å². The van der Waals surface area contributed by atoms with Gasteiger partial charge in [0.25, 0.3) is 0 Å². The fourth-order valence-electron chi connectivity index (χ4n) is 6.84. The van der Waals surface area contributed by atoms with Crippen molar-refractivity contribution < 1.29 is 24.5 Å². The summed E-state index contributed by atoms with van der Waals surface area (Å²) in [4.78, 5) is 24.4. The van der Waals surface area contributed by atoms with Crippen LogP contribution in [0.1, 0.15) is 232 Å². The highest BCUT2D eigenvalue weighted by molar-refractivity contribution is 5.76. The van der Waals surface area contributed by atoms with Crippen LogP contribution in [0.3, 0.4) is 0 Å². The Labute approximate surface area is 346 Å². The molecule has 2 atom stereocenters. The fourth-order valence-corrected chi connectivity index (χ4v) is 6.84. The van der Waals surface area contributed by atoms with Gasteiger partial charge in [0.15, 0.2) is 0 Å². The number of nitrogens with one attached hydrogen (secondary N) is 1. The molecule has 0 heterocycles. The van der Waals surface area contributed by atoms with E-state index in [1.807, 2.05) is 6.08 Å². The number of aliphatic hydroxyl groups is 2. The average molecular weight is 786 g/mol. The molecular weight excluding hydrogens is 695 g/mol. The van der Waals surface area contributed by atoms with Gasteiger partial charge in [-0.2, -0.15) is 0 Å². The largest absolute Gasteiger partial charge is 0.466 e. The lowest BCUT2D eigenvalue weighted by Gasteiger charge is -2.20. The maximum absolute atomic E-state index is 12.4. The first-order valence-corrected chi connectivity index (χ1v) is 23.9. The number of hydrogen-bond donors (Lipinski definition) is 3. The highest BCUT2D eigenvalue weighted by Gasteiger charge is 2.18. The Morgan fingerprint density at radius 3 is 1.45 bits per heavy atom. The van der Waals surface area contributed by atoms with E-state index in [0.29, 0.717) is 19.4 Å². The lowest BCUT2D eigenvalue weighted by Crippen LogP contribution is -2.45. The zero-order valence-corrected chi connectivity index (χ0v) is 36.8. The van der Waals surface area contributed by atoms with Crippen LogP contribution >= 0.6 is 0 Å². The summed E-state index contributed by atoms with van der Waals surface area (Å²) in [6.45, 7) is 4.73. The number of amides is 1. The van der Waals surface area contributed by atoms with Crippen molar-refractivity contribution in [3.8, 4) is 0 Å². The molecule has 0 aliphatic heterocycles. The van der Waals surface area contributed by atoms with Gasteiger partial charge in [-0.25, -0.2) is 0 Å². The van der Waals surface area contributed by atoms with Crippen molar-refractivity contribution in [1.82, 2.24) is 5.32 Å². The molecule has 0 spiro atoms. The number of unbranched alkanes of at least 4 members (excludes halogenated alkanes) is 26. The summed E-state index contributed by atoms with van der Waals surface area (Å²) in [5.41, 5.74) is 0. The molecule has 0 saturated carbocycles. The summed E-state index contributed by atoms with van der Waals surface area (Å²) >= 11 is 0. The first-order chi connectivity index (χ1) is 27.5. The average Bonchev–Trinajstić information content (AvgIpc) is 3.20. The van der Waals surface area contributed by atoms with Gasteiger partial charge in [0.05, 0.1) is 25.4 Å². The van der Waals surface area contributed by atoms with Crippen LogP contribution in [0.4, 0.5) is 0 Å². The Balaban J connectivity index is 3.59. The molecule has 2 unspecified atom stereocenters. The molecular formula is C50H91NO5. The molecule has 0 fully saturated rings. The van der Waals surface area contributed by atoms with Crippen molar-refractivity contribution in [2.75, 3.05) is 13.2 Å². The van der Waals surface area contributed by atoms with E-state index < -0.39 is 12.1 Å². The Bertz CT molecular complexity index is 957. The predicted molar refractivity (Wildman–Crippen MR) is 241 cm³/mol. The minimum atomic E-state index is -0.863. The summed E-state index contributed by atoms with van der Waals surface area (Å²) in [6, 6.07) is -0.650. The van der Waals surface area contributed by atoms with Crippen LogP contribution in [0.25, 0.3) is 0 Å². The van der Waals surface area contributed by atoms with Gasteiger partial charge in [-0.15, -0.1) is 0 Å². The molecule has 3 N–H and O–H groups in total. The molecule has 6 nitrogen and oxygen atoms in total. The zero-order valence-electron chi connectivity index (χ0n) is 36.8. The van der Waals surface area contributed by atoms with Crippen molar-refractivity contribution in [2.45, 2.75) is 244 Å². The van der Waals surface area contributed by atoms with Crippen LogP contribution in [0.2, 0.25) is 0 Å². The van der Waals surface area contributed by atoms with Gasteiger partial charge in [-0.05, 0) is 83.5 Å². The number of rotatable bonds is 43. The Kier molecular flexibility index (Phi) is 43.7. The standard InChI is InChI=1S/C50H91NO5/c1-3-5-7-9-11-13-15-17-18-20-22-26-30-34-38-42-48(53)47(46-52)51-49(54)43-39-35-31-27-23-21-25-29-33-37-41-45-56-50(55)44-40-36-32-28-24-19-16-14-12-10-8-6-4-2/h8,10,14,16,25,29,38,42,47-48,52-53H,3-7,9,11-13,15,17-24,26-28,30-37,39-41,43-46H2,1-2H3,(H,51,54)/b10-8-,16-14-,29-25-,42-38+. The van der Waals surface area contributed by atoms with Gasteiger partial charge in [0.1, 0.15) is 0 Å². The fraction of sp³-hybridized carbons (Fsp3) is 0.800. The number of hydrogen-bond acceptors (Lipinski definition) is 5.